The minimum Gasteiger partial charge on any atom is -0.443 e. The molecule has 1 fully saturated rings. The molecule has 154 valence electrons. The summed E-state index contributed by atoms with van der Waals surface area (Å²) in [5.74, 6) is 2.34. The summed E-state index contributed by atoms with van der Waals surface area (Å²) in [6.07, 6.45) is 2.88. The second kappa shape index (κ2) is 9.96. The third-order valence-electron chi connectivity index (χ3n) is 4.64. The Morgan fingerprint density at radius 1 is 1.32 bits per heavy atom. The lowest BCUT2D eigenvalue weighted by Gasteiger charge is -2.20. The molecule has 1 aromatic carbocycles. The van der Waals surface area contributed by atoms with E-state index < -0.39 is 0 Å². The monoisotopic (exact) mass is 561 g/mol. The maximum atomic E-state index is 5.83. The van der Waals surface area contributed by atoms with Gasteiger partial charge in [-0.05, 0) is 30.7 Å². The van der Waals surface area contributed by atoms with Gasteiger partial charge in [0.1, 0.15) is 5.76 Å². The number of nitrogens with zero attached hydrogens (tertiary/aromatic N) is 3. The molecule has 28 heavy (non-hydrogen) atoms. The van der Waals surface area contributed by atoms with E-state index in [0.29, 0.717) is 18.5 Å². The van der Waals surface area contributed by atoms with Gasteiger partial charge in [-0.3, -0.25) is 4.99 Å². The van der Waals surface area contributed by atoms with E-state index in [0.717, 1.165) is 35.7 Å². The van der Waals surface area contributed by atoms with Gasteiger partial charge in [-0.15, -0.1) is 24.0 Å². The number of halogens is 2. The Balaban J connectivity index is 0.00000280. The van der Waals surface area contributed by atoms with Gasteiger partial charge in [-0.2, -0.15) is 0 Å². The average molecular weight is 562 g/mol. The average Bonchev–Trinajstić information content (AvgIpc) is 3.28. The van der Waals surface area contributed by atoms with Crippen LogP contribution < -0.4 is 15.5 Å². The highest BCUT2D eigenvalue weighted by molar-refractivity contribution is 14.0. The van der Waals surface area contributed by atoms with Gasteiger partial charge in [-0.25, -0.2) is 4.98 Å². The van der Waals surface area contributed by atoms with Crippen molar-refractivity contribution in [3.8, 4) is 0 Å². The molecular formula is C20H29BrIN5O. The molecule has 0 saturated carbocycles. The molecule has 1 aromatic heterocycles. The number of guanidine groups is 1. The van der Waals surface area contributed by atoms with Crippen LogP contribution >= 0.6 is 39.9 Å². The smallest absolute Gasteiger partial charge is 0.213 e. The molecular weight excluding hydrogens is 533 g/mol. The largest absolute Gasteiger partial charge is 0.443 e. The van der Waals surface area contributed by atoms with Crippen LogP contribution in [-0.4, -0.2) is 37.1 Å². The molecule has 2 N–H and O–H groups in total. The van der Waals surface area contributed by atoms with Crippen molar-refractivity contribution in [2.75, 3.05) is 25.0 Å². The third-order valence-corrected chi connectivity index (χ3v) is 5.17. The molecule has 1 atom stereocenters. The highest BCUT2D eigenvalue weighted by Gasteiger charge is 2.24. The van der Waals surface area contributed by atoms with Crippen molar-refractivity contribution >= 4 is 51.6 Å². The molecule has 2 heterocycles. The van der Waals surface area contributed by atoms with Crippen molar-refractivity contribution in [2.45, 2.75) is 45.2 Å². The Kier molecular flexibility index (Phi) is 8.18. The van der Waals surface area contributed by atoms with Crippen molar-refractivity contribution in [3.63, 3.8) is 0 Å². The molecule has 3 rings (SSSR count). The molecule has 0 aliphatic carbocycles. The first-order valence-corrected chi connectivity index (χ1v) is 10.1. The van der Waals surface area contributed by atoms with Crippen molar-refractivity contribution in [1.29, 1.82) is 0 Å². The molecule has 0 amide bonds. The number of hydrogen-bond acceptors (Lipinski definition) is 4. The fourth-order valence-electron chi connectivity index (χ4n) is 3.05. The van der Waals surface area contributed by atoms with Gasteiger partial charge in [0.25, 0.3) is 0 Å². The minimum atomic E-state index is -0.0362. The molecule has 0 bridgehead atoms. The number of anilines is 1. The van der Waals surface area contributed by atoms with Crippen molar-refractivity contribution < 1.29 is 4.42 Å². The van der Waals surface area contributed by atoms with Crippen LogP contribution in [-0.2, 0) is 12.0 Å². The van der Waals surface area contributed by atoms with Gasteiger partial charge in [0.05, 0.1) is 12.7 Å². The summed E-state index contributed by atoms with van der Waals surface area (Å²) < 4.78 is 6.93. The predicted octanol–water partition coefficient (Wildman–Crippen LogP) is 4.30. The summed E-state index contributed by atoms with van der Waals surface area (Å²) in [7, 11) is 1.78. The van der Waals surface area contributed by atoms with Gasteiger partial charge in [0, 0.05) is 41.8 Å². The lowest BCUT2D eigenvalue weighted by Crippen LogP contribution is -2.44. The lowest BCUT2D eigenvalue weighted by molar-refractivity contribution is 0.379. The van der Waals surface area contributed by atoms with Gasteiger partial charge < -0.3 is 20.0 Å². The lowest BCUT2D eigenvalue weighted by atomic mass is 9.94. The highest BCUT2D eigenvalue weighted by atomic mass is 127. The zero-order chi connectivity index (χ0) is 19.4. The zero-order valence-corrected chi connectivity index (χ0v) is 20.7. The minimum absolute atomic E-state index is 0. The number of nitrogens with one attached hydrogen (secondary N) is 2. The quantitative estimate of drug-likeness (QED) is 0.331. The fraction of sp³-hybridized carbons (Fsp3) is 0.500. The van der Waals surface area contributed by atoms with Crippen LogP contribution in [0.3, 0.4) is 0 Å². The van der Waals surface area contributed by atoms with Crippen molar-refractivity contribution in [2.24, 2.45) is 4.99 Å². The van der Waals surface area contributed by atoms with Crippen LogP contribution in [0.1, 0.15) is 38.8 Å². The molecule has 0 radical (unpaired) electrons. The van der Waals surface area contributed by atoms with Crippen LogP contribution in [0.25, 0.3) is 0 Å². The van der Waals surface area contributed by atoms with Crippen LogP contribution in [0.2, 0.25) is 0 Å². The van der Waals surface area contributed by atoms with Crippen molar-refractivity contribution in [3.05, 3.63) is 46.6 Å². The summed E-state index contributed by atoms with van der Waals surface area (Å²) in [5, 5.41) is 6.80. The topological polar surface area (TPSA) is 65.7 Å². The molecule has 2 aromatic rings. The first kappa shape index (κ1) is 23.0. The van der Waals surface area contributed by atoms with E-state index in [1.807, 2.05) is 0 Å². The van der Waals surface area contributed by atoms with Gasteiger partial charge in [-0.1, -0.05) is 36.7 Å². The SMILES string of the molecule is CN=C(NCc1ncc(C(C)(C)C)o1)NC1CCN(c2ccc(Br)cc2)C1.I. The normalized spacial score (nSPS) is 17.4. The fourth-order valence-corrected chi connectivity index (χ4v) is 3.31. The van der Waals surface area contributed by atoms with Crippen molar-refractivity contribution in [1.82, 2.24) is 15.6 Å². The van der Waals surface area contributed by atoms with Gasteiger partial charge in [0.2, 0.25) is 5.89 Å². The Morgan fingerprint density at radius 3 is 2.64 bits per heavy atom. The Bertz CT molecular complexity index is 785. The molecule has 1 unspecified atom stereocenters. The molecule has 1 saturated heterocycles. The Morgan fingerprint density at radius 2 is 2.04 bits per heavy atom. The molecule has 6 nitrogen and oxygen atoms in total. The summed E-state index contributed by atoms with van der Waals surface area (Å²) in [4.78, 5) is 11.1. The standard InChI is InChI=1S/C20H28BrN5O.HI/c1-20(2,3)17-11-23-18(27-17)12-24-19(22-4)25-15-9-10-26(13-15)16-7-5-14(21)6-8-16;/h5-8,11,15H,9-10,12-13H2,1-4H3,(H2,22,24,25);1H. The maximum absolute atomic E-state index is 5.83. The van der Waals surface area contributed by atoms with Gasteiger partial charge in [0.15, 0.2) is 5.96 Å². The summed E-state index contributed by atoms with van der Waals surface area (Å²) in [5.41, 5.74) is 1.21. The van der Waals surface area contributed by atoms with E-state index >= 15 is 0 Å². The second-order valence-corrected chi connectivity index (χ2v) is 8.76. The number of oxazole rings is 1. The first-order valence-electron chi connectivity index (χ1n) is 9.28. The first-order chi connectivity index (χ1) is 12.8. The van der Waals surface area contributed by atoms with Crippen LogP contribution in [0, 0.1) is 0 Å². The number of aromatic nitrogens is 1. The molecule has 0 spiro atoms. The van der Waals surface area contributed by atoms with E-state index in [9.17, 15) is 0 Å². The van der Waals surface area contributed by atoms with Crippen LogP contribution in [0.15, 0.2) is 44.3 Å². The maximum Gasteiger partial charge on any atom is 0.213 e. The van der Waals surface area contributed by atoms with Crippen LogP contribution in [0.5, 0.6) is 0 Å². The summed E-state index contributed by atoms with van der Waals surface area (Å²) in [6, 6.07) is 8.82. The number of benzene rings is 1. The van der Waals surface area contributed by atoms with E-state index in [1.165, 1.54) is 5.69 Å². The molecule has 8 heteroatoms. The Hall–Kier alpha value is -1.29. The Labute approximate surface area is 192 Å². The molecule has 1 aliphatic rings. The summed E-state index contributed by atoms with van der Waals surface area (Å²) >= 11 is 3.49. The summed E-state index contributed by atoms with van der Waals surface area (Å²) in [6.45, 7) is 8.84. The molecule has 1 aliphatic heterocycles. The number of aliphatic imine (C=N–C) groups is 1. The number of hydrogen-bond donors (Lipinski definition) is 2. The highest BCUT2D eigenvalue weighted by Crippen LogP contribution is 2.23. The van der Waals surface area contributed by atoms with E-state index in [-0.39, 0.29) is 29.4 Å². The number of rotatable bonds is 4. The zero-order valence-electron chi connectivity index (χ0n) is 16.8. The van der Waals surface area contributed by atoms with E-state index in [2.05, 4.69) is 86.5 Å². The third kappa shape index (κ3) is 6.10. The van der Waals surface area contributed by atoms with Gasteiger partial charge >= 0.3 is 0 Å². The predicted molar refractivity (Wildman–Crippen MR) is 129 cm³/mol. The van der Waals surface area contributed by atoms with E-state index in [4.69, 9.17) is 4.42 Å². The second-order valence-electron chi connectivity index (χ2n) is 7.85. The van der Waals surface area contributed by atoms with E-state index in [1.54, 1.807) is 13.2 Å². The van der Waals surface area contributed by atoms with Crippen LogP contribution in [0.4, 0.5) is 5.69 Å².